The third kappa shape index (κ3) is 2.48. The van der Waals surface area contributed by atoms with Gasteiger partial charge in [0.05, 0.1) is 12.5 Å². The molecule has 2 nitrogen and oxygen atoms in total. The first-order chi connectivity index (χ1) is 4.18. The third-order valence-electron chi connectivity index (χ3n) is 1.84. The van der Waals surface area contributed by atoms with Crippen LogP contribution in [0.5, 0.6) is 0 Å². The van der Waals surface area contributed by atoms with Crippen molar-refractivity contribution < 1.29 is 0 Å². The summed E-state index contributed by atoms with van der Waals surface area (Å²) in [6, 6.07) is 2.09. The van der Waals surface area contributed by atoms with E-state index in [9.17, 15) is 0 Å². The van der Waals surface area contributed by atoms with Crippen LogP contribution < -0.4 is 5.73 Å². The van der Waals surface area contributed by atoms with Gasteiger partial charge in [-0.25, -0.2) is 0 Å². The molecule has 0 heterocycles. The smallest absolute Gasteiger partial charge is 0.0641 e. The van der Waals surface area contributed by atoms with E-state index in [-0.39, 0.29) is 5.54 Å². The van der Waals surface area contributed by atoms with Gasteiger partial charge in [-0.3, -0.25) is 0 Å². The minimum atomic E-state index is -0.227. The predicted molar refractivity (Wildman–Crippen MR) is 37.7 cm³/mol. The third-order valence-corrected chi connectivity index (χ3v) is 1.84. The second-order valence-electron chi connectivity index (χ2n) is 2.40. The zero-order valence-electron chi connectivity index (χ0n) is 6.15. The van der Waals surface area contributed by atoms with Crippen molar-refractivity contribution in [3.05, 3.63) is 0 Å². The molecule has 0 unspecified atom stereocenters. The van der Waals surface area contributed by atoms with Crippen LogP contribution in [0.25, 0.3) is 0 Å². The minimum absolute atomic E-state index is 0.227. The molecule has 0 aliphatic rings. The first-order valence-corrected chi connectivity index (χ1v) is 3.34. The van der Waals surface area contributed by atoms with E-state index in [0.717, 1.165) is 12.8 Å². The fourth-order valence-corrected chi connectivity index (χ4v) is 0.657. The Balaban J connectivity index is 3.80. The molecule has 52 valence electrons. The molecule has 0 aromatic carbocycles. The van der Waals surface area contributed by atoms with Gasteiger partial charge in [0.1, 0.15) is 0 Å². The normalized spacial score (nSPS) is 10.9. The topological polar surface area (TPSA) is 49.8 Å². The quantitative estimate of drug-likeness (QED) is 0.621. The highest BCUT2D eigenvalue weighted by Gasteiger charge is 2.18. The van der Waals surface area contributed by atoms with Crippen LogP contribution in [0.4, 0.5) is 0 Å². The molecule has 9 heavy (non-hydrogen) atoms. The summed E-state index contributed by atoms with van der Waals surface area (Å²) in [5.74, 6) is 0. The number of nitrogens with zero attached hydrogens (tertiary/aromatic N) is 1. The predicted octanol–water partition coefficient (Wildman–Crippen LogP) is 1.42. The maximum Gasteiger partial charge on any atom is 0.0641 e. The maximum atomic E-state index is 8.33. The van der Waals surface area contributed by atoms with Crippen LogP contribution in [0.3, 0.4) is 0 Å². The summed E-state index contributed by atoms with van der Waals surface area (Å²) < 4.78 is 0. The van der Waals surface area contributed by atoms with E-state index in [1.54, 1.807) is 0 Å². The van der Waals surface area contributed by atoms with Gasteiger partial charge in [-0.15, -0.1) is 0 Å². The van der Waals surface area contributed by atoms with Gasteiger partial charge >= 0.3 is 0 Å². The molecule has 0 saturated carbocycles. The number of hydrogen-bond acceptors (Lipinski definition) is 2. The van der Waals surface area contributed by atoms with Crippen molar-refractivity contribution in [2.45, 2.75) is 38.6 Å². The van der Waals surface area contributed by atoms with Crippen LogP contribution >= 0.6 is 0 Å². The van der Waals surface area contributed by atoms with Crippen molar-refractivity contribution in [2.75, 3.05) is 0 Å². The van der Waals surface area contributed by atoms with Crippen LogP contribution in [0.2, 0.25) is 0 Å². The van der Waals surface area contributed by atoms with Gasteiger partial charge in [-0.1, -0.05) is 13.8 Å². The number of nitriles is 1. The van der Waals surface area contributed by atoms with Crippen LogP contribution in [-0.2, 0) is 0 Å². The largest absolute Gasteiger partial charge is 0.324 e. The number of rotatable bonds is 3. The second-order valence-corrected chi connectivity index (χ2v) is 2.40. The summed E-state index contributed by atoms with van der Waals surface area (Å²) in [5.41, 5.74) is 5.56. The molecular formula is C7H14N2. The molecule has 0 spiro atoms. The summed E-state index contributed by atoms with van der Waals surface area (Å²) >= 11 is 0. The van der Waals surface area contributed by atoms with Crippen molar-refractivity contribution in [3.8, 4) is 6.07 Å². The molecule has 0 saturated heterocycles. The molecule has 0 aromatic rings. The average molecular weight is 126 g/mol. The summed E-state index contributed by atoms with van der Waals surface area (Å²) in [5, 5.41) is 8.33. The lowest BCUT2D eigenvalue weighted by Crippen LogP contribution is -2.37. The summed E-state index contributed by atoms with van der Waals surface area (Å²) in [6.07, 6.45) is 2.24. The van der Waals surface area contributed by atoms with E-state index in [1.807, 2.05) is 13.8 Å². The van der Waals surface area contributed by atoms with E-state index in [0.29, 0.717) is 6.42 Å². The highest BCUT2D eigenvalue weighted by molar-refractivity contribution is 4.90. The maximum absolute atomic E-state index is 8.33. The van der Waals surface area contributed by atoms with Crippen LogP contribution in [0.15, 0.2) is 0 Å². The van der Waals surface area contributed by atoms with E-state index in [2.05, 4.69) is 6.07 Å². The molecule has 0 bridgehead atoms. The molecule has 0 fully saturated rings. The van der Waals surface area contributed by atoms with Gasteiger partial charge in [-0.2, -0.15) is 5.26 Å². The van der Waals surface area contributed by atoms with Gasteiger partial charge in [0, 0.05) is 5.54 Å². The van der Waals surface area contributed by atoms with Crippen LogP contribution in [-0.4, -0.2) is 5.54 Å². The fraction of sp³-hybridized carbons (Fsp3) is 0.857. The number of nitrogens with two attached hydrogens (primary N) is 1. The van der Waals surface area contributed by atoms with Gasteiger partial charge in [0.25, 0.3) is 0 Å². The molecule has 0 amide bonds. The van der Waals surface area contributed by atoms with Crippen molar-refractivity contribution in [3.63, 3.8) is 0 Å². The molecule has 0 radical (unpaired) electrons. The standard InChI is InChI=1S/C7H14N2/c1-3-7(9,4-2)5-6-8/h3-5,9H2,1-2H3. The van der Waals surface area contributed by atoms with Crippen LogP contribution in [0.1, 0.15) is 33.1 Å². The average Bonchev–Trinajstić information content (AvgIpc) is 1.89. The van der Waals surface area contributed by atoms with Crippen molar-refractivity contribution >= 4 is 0 Å². The zero-order chi connectivity index (χ0) is 7.33. The Morgan fingerprint density at radius 1 is 1.44 bits per heavy atom. The summed E-state index contributed by atoms with van der Waals surface area (Å²) in [7, 11) is 0. The highest BCUT2D eigenvalue weighted by atomic mass is 14.7. The Morgan fingerprint density at radius 2 is 1.89 bits per heavy atom. The molecule has 2 heteroatoms. The summed E-state index contributed by atoms with van der Waals surface area (Å²) in [4.78, 5) is 0. The minimum Gasteiger partial charge on any atom is -0.324 e. The molecule has 0 aliphatic carbocycles. The molecule has 0 rings (SSSR count). The second kappa shape index (κ2) is 3.47. The van der Waals surface area contributed by atoms with Crippen molar-refractivity contribution in [1.82, 2.24) is 0 Å². The lowest BCUT2D eigenvalue weighted by molar-refractivity contribution is 0.404. The summed E-state index contributed by atoms with van der Waals surface area (Å²) in [6.45, 7) is 4.03. The molecule has 0 aromatic heterocycles. The lowest BCUT2D eigenvalue weighted by Gasteiger charge is -2.22. The van der Waals surface area contributed by atoms with E-state index >= 15 is 0 Å². The van der Waals surface area contributed by atoms with Gasteiger partial charge < -0.3 is 5.73 Å². The number of hydrogen-bond donors (Lipinski definition) is 1. The first kappa shape index (κ1) is 8.45. The molecular weight excluding hydrogens is 112 g/mol. The Morgan fingerprint density at radius 3 is 2.00 bits per heavy atom. The zero-order valence-corrected chi connectivity index (χ0v) is 6.15. The van der Waals surface area contributed by atoms with Gasteiger partial charge in [-0.05, 0) is 12.8 Å². The van der Waals surface area contributed by atoms with E-state index in [1.165, 1.54) is 0 Å². The van der Waals surface area contributed by atoms with Crippen molar-refractivity contribution in [1.29, 1.82) is 5.26 Å². The Hall–Kier alpha value is -0.550. The fourth-order valence-electron chi connectivity index (χ4n) is 0.657. The Bertz CT molecular complexity index is 109. The van der Waals surface area contributed by atoms with Crippen molar-refractivity contribution in [2.24, 2.45) is 5.73 Å². The molecule has 0 aliphatic heterocycles. The first-order valence-electron chi connectivity index (χ1n) is 3.34. The Kier molecular flexibility index (Phi) is 3.26. The van der Waals surface area contributed by atoms with Gasteiger partial charge in [0.15, 0.2) is 0 Å². The molecule has 0 atom stereocenters. The van der Waals surface area contributed by atoms with Crippen LogP contribution in [0, 0.1) is 11.3 Å². The monoisotopic (exact) mass is 126 g/mol. The SMILES string of the molecule is CCC(N)(CC)CC#N. The van der Waals surface area contributed by atoms with E-state index in [4.69, 9.17) is 11.0 Å². The highest BCUT2D eigenvalue weighted by Crippen LogP contribution is 2.14. The van der Waals surface area contributed by atoms with E-state index < -0.39 is 0 Å². The Labute approximate surface area is 56.7 Å². The molecule has 2 N–H and O–H groups in total. The lowest BCUT2D eigenvalue weighted by atomic mass is 9.91. The van der Waals surface area contributed by atoms with Gasteiger partial charge in [0.2, 0.25) is 0 Å².